The van der Waals surface area contributed by atoms with Gasteiger partial charge >= 0.3 is 0 Å². The zero-order valence-corrected chi connectivity index (χ0v) is 36.4. The average molecular weight is 795 g/mol. The second kappa shape index (κ2) is 17.7. The summed E-state index contributed by atoms with van der Waals surface area (Å²) in [5.41, 5.74) is 6.87. The molecule has 0 radical (unpaired) electrons. The van der Waals surface area contributed by atoms with E-state index in [0.717, 1.165) is 43.1 Å². The van der Waals surface area contributed by atoms with Crippen LogP contribution in [-0.4, -0.2) is 53.8 Å². The number of carbonyl (C=O) groups excluding carboxylic acids is 2. The Morgan fingerprint density at radius 1 is 0.797 bits per heavy atom. The van der Waals surface area contributed by atoms with Crippen LogP contribution in [0.2, 0.25) is 0 Å². The summed E-state index contributed by atoms with van der Waals surface area (Å²) in [6, 6.07) is 23.4. The van der Waals surface area contributed by atoms with Crippen LogP contribution in [0.1, 0.15) is 92.3 Å². The van der Waals surface area contributed by atoms with Crippen LogP contribution < -0.4 is 15.4 Å². The minimum Gasteiger partial charge on any atom is -0.489 e. The summed E-state index contributed by atoms with van der Waals surface area (Å²) in [7, 11) is 0. The molecule has 3 aromatic carbocycles. The molecule has 4 aliphatic heterocycles. The fourth-order valence-electron chi connectivity index (χ4n) is 10.3. The number of benzene rings is 3. The molecular weight excluding hydrogens is 729 g/mol. The van der Waals surface area contributed by atoms with Crippen molar-refractivity contribution in [2.24, 2.45) is 16.2 Å². The highest BCUT2D eigenvalue weighted by Gasteiger charge is 2.58. The van der Waals surface area contributed by atoms with Gasteiger partial charge in [-0.2, -0.15) is 0 Å². The Bertz CT molecular complexity index is 2070. The summed E-state index contributed by atoms with van der Waals surface area (Å²) in [4.78, 5) is 31.1. The molecule has 312 valence electrons. The van der Waals surface area contributed by atoms with Crippen molar-refractivity contribution in [1.82, 2.24) is 20.4 Å². The minimum absolute atomic E-state index is 0.123. The first-order valence-electron chi connectivity index (χ1n) is 21.3. The van der Waals surface area contributed by atoms with E-state index in [9.17, 15) is 9.59 Å². The lowest BCUT2D eigenvalue weighted by molar-refractivity contribution is -0.138. The first kappa shape index (κ1) is 43.6. The molecule has 3 saturated heterocycles. The molecule has 3 aromatic rings. The molecule has 3 atom stereocenters. The van der Waals surface area contributed by atoms with Crippen LogP contribution in [0.4, 0.5) is 0 Å². The lowest BCUT2D eigenvalue weighted by Gasteiger charge is -2.53. The summed E-state index contributed by atoms with van der Waals surface area (Å²) in [5, 5.41) is 7.54. The van der Waals surface area contributed by atoms with E-state index in [1.54, 1.807) is 0 Å². The van der Waals surface area contributed by atoms with Crippen LogP contribution >= 0.6 is 0 Å². The van der Waals surface area contributed by atoms with Crippen molar-refractivity contribution in [3.63, 3.8) is 0 Å². The molecule has 0 aliphatic carbocycles. The van der Waals surface area contributed by atoms with Gasteiger partial charge in [0, 0.05) is 31.9 Å². The summed E-state index contributed by atoms with van der Waals surface area (Å²) in [5.74, 6) is 1.31. The third-order valence-corrected chi connectivity index (χ3v) is 13.1. The number of piperazine rings is 2. The number of carbonyl (C=O) groups is 2. The molecule has 3 unspecified atom stereocenters. The van der Waals surface area contributed by atoms with Crippen LogP contribution in [0.15, 0.2) is 129 Å². The molecule has 0 saturated carbocycles. The highest BCUT2D eigenvalue weighted by molar-refractivity contribution is 5.91. The normalized spacial score (nSPS) is 23.0. The summed E-state index contributed by atoms with van der Waals surface area (Å²) in [6.07, 6.45) is 13.2. The third kappa shape index (κ3) is 8.16. The molecule has 7 nitrogen and oxygen atoms in total. The van der Waals surface area contributed by atoms with E-state index in [4.69, 9.17) is 4.74 Å². The molecule has 0 bridgehead atoms. The number of amides is 2. The van der Waals surface area contributed by atoms with E-state index in [2.05, 4.69) is 132 Å². The molecule has 3 fully saturated rings. The van der Waals surface area contributed by atoms with Crippen LogP contribution in [0.3, 0.4) is 0 Å². The molecule has 0 aromatic heterocycles. The lowest BCUT2D eigenvalue weighted by Crippen LogP contribution is -2.62. The molecule has 4 aliphatic rings. The number of hydrogen-bond acceptors (Lipinski definition) is 5. The van der Waals surface area contributed by atoms with Crippen LogP contribution in [0.25, 0.3) is 0 Å². The average Bonchev–Trinajstić information content (AvgIpc) is 3.65. The SMILES string of the molecule is C=CCC1(CC=C)C=C2N(CCNC2(c2cc(C)ccc2C)C(C)(C)C)C1=O.C=CCC1(CC=C)CC2C(c3ccc(OCc4ccccc4)cc3C)NCCN2C1=O. The number of aryl methyl sites for hydroxylation is 3. The zero-order valence-electron chi connectivity index (χ0n) is 36.4. The number of rotatable bonds is 13. The Morgan fingerprint density at radius 2 is 1.47 bits per heavy atom. The van der Waals surface area contributed by atoms with Crippen molar-refractivity contribution in [2.75, 3.05) is 26.2 Å². The van der Waals surface area contributed by atoms with Gasteiger partial charge in [0.05, 0.1) is 28.5 Å². The van der Waals surface area contributed by atoms with Gasteiger partial charge in [0.15, 0.2) is 0 Å². The Balaban J connectivity index is 0.000000199. The van der Waals surface area contributed by atoms with Gasteiger partial charge in [-0.05, 0) is 104 Å². The van der Waals surface area contributed by atoms with Crippen molar-refractivity contribution in [3.8, 4) is 5.75 Å². The topological polar surface area (TPSA) is 73.9 Å². The van der Waals surface area contributed by atoms with Gasteiger partial charge in [0.2, 0.25) is 11.8 Å². The quantitative estimate of drug-likeness (QED) is 0.169. The van der Waals surface area contributed by atoms with Gasteiger partial charge in [0.25, 0.3) is 0 Å². The van der Waals surface area contributed by atoms with Gasteiger partial charge in [0.1, 0.15) is 12.4 Å². The maximum Gasteiger partial charge on any atom is 0.237 e. The Kier molecular flexibility index (Phi) is 13.1. The number of ether oxygens (including phenoxy) is 1. The molecular formula is C52H66N4O3. The number of fused-ring (bicyclic) bond motifs is 2. The first-order valence-corrected chi connectivity index (χ1v) is 21.3. The van der Waals surface area contributed by atoms with Crippen LogP contribution in [0.5, 0.6) is 5.75 Å². The standard InChI is InChI=1S/C27H32N2O2.C25H34N2O/c1-4-13-27(14-5-2)18-24-25(28-15-16-29(24)26(27)30)23-12-11-22(17-20(23)3)31-19-21-9-7-6-8-10-21;1-8-12-24(13-9-2)17-21-25(23(5,6)7,26-14-15-27(21)22(24)28)20-16-18(3)10-11-19(20)4/h4-12,17,24-25,28H,1-2,13-16,18-19H2,3H3;8-11,16-17,26H,1-2,12-15H2,3-7H3. The highest BCUT2D eigenvalue weighted by Crippen LogP contribution is 2.54. The van der Waals surface area contributed by atoms with Crippen molar-refractivity contribution in [1.29, 1.82) is 0 Å². The predicted molar refractivity (Wildman–Crippen MR) is 242 cm³/mol. The van der Waals surface area contributed by atoms with Gasteiger partial charge in [-0.1, -0.05) is 105 Å². The van der Waals surface area contributed by atoms with Crippen molar-refractivity contribution < 1.29 is 14.3 Å². The van der Waals surface area contributed by atoms with E-state index in [1.807, 2.05) is 53.5 Å². The third-order valence-electron chi connectivity index (χ3n) is 13.1. The maximum absolute atomic E-state index is 13.6. The molecule has 7 rings (SSSR count). The lowest BCUT2D eigenvalue weighted by atomic mass is 9.64. The minimum atomic E-state index is -0.570. The number of hydrogen-bond donors (Lipinski definition) is 2. The Hall–Kier alpha value is -4.98. The fourth-order valence-corrected chi connectivity index (χ4v) is 10.3. The van der Waals surface area contributed by atoms with Crippen molar-refractivity contribution in [2.45, 2.75) is 97.9 Å². The molecule has 59 heavy (non-hydrogen) atoms. The van der Waals surface area contributed by atoms with Crippen LogP contribution in [-0.2, 0) is 21.7 Å². The van der Waals surface area contributed by atoms with E-state index in [0.29, 0.717) is 38.8 Å². The smallest absolute Gasteiger partial charge is 0.237 e. The molecule has 2 amide bonds. The second-order valence-electron chi connectivity index (χ2n) is 18.1. The van der Waals surface area contributed by atoms with E-state index in [-0.39, 0.29) is 29.3 Å². The second-order valence-corrected chi connectivity index (χ2v) is 18.1. The van der Waals surface area contributed by atoms with Gasteiger partial charge in [-0.25, -0.2) is 0 Å². The molecule has 0 spiro atoms. The predicted octanol–water partition coefficient (Wildman–Crippen LogP) is 9.97. The number of nitrogens with one attached hydrogen (secondary N) is 2. The van der Waals surface area contributed by atoms with Crippen LogP contribution in [0, 0.1) is 37.0 Å². The van der Waals surface area contributed by atoms with E-state index < -0.39 is 16.4 Å². The monoisotopic (exact) mass is 795 g/mol. The number of allylic oxidation sites excluding steroid dienone is 4. The first-order chi connectivity index (χ1) is 28.2. The van der Waals surface area contributed by atoms with E-state index in [1.165, 1.54) is 27.8 Å². The number of nitrogens with zero attached hydrogens (tertiary/aromatic N) is 2. The van der Waals surface area contributed by atoms with Gasteiger partial charge in [-0.3, -0.25) is 9.59 Å². The highest BCUT2D eigenvalue weighted by atomic mass is 16.5. The summed E-state index contributed by atoms with van der Waals surface area (Å²) < 4.78 is 6.01. The van der Waals surface area contributed by atoms with Gasteiger partial charge in [-0.15, -0.1) is 26.3 Å². The largest absolute Gasteiger partial charge is 0.489 e. The summed E-state index contributed by atoms with van der Waals surface area (Å²) in [6.45, 7) is 32.5. The van der Waals surface area contributed by atoms with Crippen molar-refractivity contribution in [3.05, 3.63) is 163 Å². The maximum atomic E-state index is 13.6. The molecule has 4 heterocycles. The van der Waals surface area contributed by atoms with Gasteiger partial charge < -0.3 is 25.2 Å². The fraction of sp³-hybridized carbons (Fsp3) is 0.423. The molecule has 2 N–H and O–H groups in total. The molecule has 7 heteroatoms. The zero-order chi connectivity index (χ0) is 42.6. The summed E-state index contributed by atoms with van der Waals surface area (Å²) >= 11 is 0. The van der Waals surface area contributed by atoms with Crippen molar-refractivity contribution >= 4 is 11.8 Å². The Labute approximate surface area is 354 Å². The Morgan fingerprint density at radius 3 is 2.10 bits per heavy atom. The van der Waals surface area contributed by atoms with E-state index >= 15 is 0 Å².